The Bertz CT molecular complexity index is 303. The molecule has 0 spiro atoms. The van der Waals surface area contributed by atoms with Crippen molar-refractivity contribution in [2.75, 3.05) is 32.9 Å². The van der Waals surface area contributed by atoms with Crippen molar-refractivity contribution in [2.24, 2.45) is 5.16 Å². The Morgan fingerprint density at radius 2 is 2.06 bits per heavy atom. The van der Waals surface area contributed by atoms with Gasteiger partial charge in [0.25, 0.3) is 0 Å². The third kappa shape index (κ3) is 3.68. The minimum atomic E-state index is 0.0416. The first kappa shape index (κ1) is 13.3. The molecule has 1 saturated heterocycles. The van der Waals surface area contributed by atoms with Gasteiger partial charge in [0.1, 0.15) is 6.61 Å². The third-order valence-electron chi connectivity index (χ3n) is 3.46. The zero-order valence-corrected chi connectivity index (χ0v) is 10.5. The van der Waals surface area contributed by atoms with E-state index < -0.39 is 0 Å². The van der Waals surface area contributed by atoms with E-state index in [0.29, 0.717) is 26.3 Å². The van der Waals surface area contributed by atoms with Crippen LogP contribution in [0, 0.1) is 0 Å². The van der Waals surface area contributed by atoms with Crippen LogP contribution in [0.2, 0.25) is 0 Å². The molecule has 1 aliphatic heterocycles. The number of amides is 1. The van der Waals surface area contributed by atoms with E-state index in [1.165, 1.54) is 0 Å². The zero-order valence-electron chi connectivity index (χ0n) is 10.5. The van der Waals surface area contributed by atoms with Crippen molar-refractivity contribution in [1.82, 2.24) is 4.90 Å². The van der Waals surface area contributed by atoms with Gasteiger partial charge in [-0.15, -0.1) is 0 Å². The van der Waals surface area contributed by atoms with Crippen molar-refractivity contribution in [3.05, 3.63) is 0 Å². The quantitative estimate of drug-likeness (QED) is 0.594. The zero-order chi connectivity index (χ0) is 12.8. The topological polar surface area (TPSA) is 71.4 Å². The van der Waals surface area contributed by atoms with Gasteiger partial charge in [0, 0.05) is 13.1 Å². The van der Waals surface area contributed by atoms with Gasteiger partial charge in [0.05, 0.1) is 25.0 Å². The molecule has 1 amide bonds. The van der Waals surface area contributed by atoms with Crippen LogP contribution in [0.25, 0.3) is 0 Å². The van der Waals surface area contributed by atoms with Gasteiger partial charge in [-0.3, -0.25) is 4.79 Å². The Balaban J connectivity index is 1.67. The predicted molar refractivity (Wildman–Crippen MR) is 64.8 cm³/mol. The summed E-state index contributed by atoms with van der Waals surface area (Å²) in [5.74, 6) is 0.0416. The highest BCUT2D eigenvalue weighted by Gasteiger charge is 2.22. The molecule has 0 aromatic carbocycles. The fourth-order valence-corrected chi connectivity index (χ4v) is 2.28. The Labute approximate surface area is 107 Å². The highest BCUT2D eigenvalue weighted by molar-refractivity contribution is 5.84. The Morgan fingerprint density at radius 1 is 1.39 bits per heavy atom. The number of morpholine rings is 1. The number of hydrogen-bond donors (Lipinski definition) is 1. The van der Waals surface area contributed by atoms with E-state index in [9.17, 15) is 4.79 Å². The lowest BCUT2D eigenvalue weighted by atomic mass is 9.96. The van der Waals surface area contributed by atoms with Crippen LogP contribution in [-0.2, 0) is 14.3 Å². The lowest BCUT2D eigenvalue weighted by Crippen LogP contribution is -2.43. The van der Waals surface area contributed by atoms with Crippen LogP contribution < -0.4 is 0 Å². The average Bonchev–Trinajstić information content (AvgIpc) is 2.46. The number of oxime groups is 1. The highest BCUT2D eigenvalue weighted by Crippen LogP contribution is 2.19. The summed E-state index contributed by atoms with van der Waals surface area (Å²) in [6, 6.07) is 0. The van der Waals surface area contributed by atoms with Gasteiger partial charge in [-0.1, -0.05) is 5.16 Å². The molecular weight excluding hydrogens is 236 g/mol. The maximum Gasteiger partial charge on any atom is 0.248 e. The van der Waals surface area contributed by atoms with Crippen molar-refractivity contribution in [3.8, 4) is 0 Å². The summed E-state index contributed by atoms with van der Waals surface area (Å²) in [4.78, 5) is 13.6. The molecule has 2 aliphatic rings. The van der Waals surface area contributed by atoms with E-state index in [1.54, 1.807) is 4.90 Å². The van der Waals surface area contributed by atoms with Gasteiger partial charge in [0.2, 0.25) is 5.91 Å². The standard InChI is InChI=1S/C12H20N2O4/c15-12(14-5-7-17-8-6-14)9-18-11-3-1-10(13-16)2-4-11/h11,16H,1-9H2. The largest absolute Gasteiger partial charge is 0.411 e. The van der Waals surface area contributed by atoms with Crippen molar-refractivity contribution in [2.45, 2.75) is 31.8 Å². The van der Waals surface area contributed by atoms with Gasteiger partial charge in [-0.2, -0.15) is 0 Å². The minimum absolute atomic E-state index is 0.0416. The van der Waals surface area contributed by atoms with Gasteiger partial charge in [-0.25, -0.2) is 0 Å². The molecule has 1 aliphatic carbocycles. The summed E-state index contributed by atoms with van der Waals surface area (Å²) in [5.41, 5.74) is 0.828. The number of carbonyl (C=O) groups excluding carboxylic acids is 1. The molecule has 0 atom stereocenters. The maximum absolute atomic E-state index is 11.8. The van der Waals surface area contributed by atoms with Crippen molar-refractivity contribution in [1.29, 1.82) is 0 Å². The highest BCUT2D eigenvalue weighted by atomic mass is 16.5. The molecule has 18 heavy (non-hydrogen) atoms. The van der Waals surface area contributed by atoms with Gasteiger partial charge < -0.3 is 19.6 Å². The second-order valence-electron chi connectivity index (χ2n) is 4.67. The summed E-state index contributed by atoms with van der Waals surface area (Å²) in [7, 11) is 0. The second-order valence-corrected chi connectivity index (χ2v) is 4.67. The van der Waals surface area contributed by atoms with Gasteiger partial charge >= 0.3 is 0 Å². The lowest BCUT2D eigenvalue weighted by molar-refractivity contribution is -0.142. The smallest absolute Gasteiger partial charge is 0.248 e. The van der Waals surface area contributed by atoms with E-state index >= 15 is 0 Å². The fraction of sp³-hybridized carbons (Fsp3) is 0.833. The molecule has 2 rings (SSSR count). The maximum atomic E-state index is 11.8. The van der Waals surface area contributed by atoms with Crippen molar-refractivity contribution in [3.63, 3.8) is 0 Å². The van der Waals surface area contributed by atoms with E-state index in [1.807, 2.05) is 0 Å². The van der Waals surface area contributed by atoms with E-state index in [-0.39, 0.29) is 18.6 Å². The average molecular weight is 256 g/mol. The molecule has 1 saturated carbocycles. The Kier molecular flexibility index (Phi) is 4.95. The fourth-order valence-electron chi connectivity index (χ4n) is 2.28. The number of rotatable bonds is 3. The van der Waals surface area contributed by atoms with E-state index in [0.717, 1.165) is 31.4 Å². The van der Waals surface area contributed by atoms with Gasteiger partial charge in [-0.05, 0) is 25.7 Å². The van der Waals surface area contributed by atoms with Crippen LogP contribution in [0.4, 0.5) is 0 Å². The van der Waals surface area contributed by atoms with Crippen LogP contribution >= 0.6 is 0 Å². The predicted octanol–water partition coefficient (Wildman–Crippen LogP) is 0.635. The number of ether oxygens (including phenoxy) is 2. The Hall–Kier alpha value is -1.14. The monoisotopic (exact) mass is 256 g/mol. The lowest BCUT2D eigenvalue weighted by Gasteiger charge is -2.28. The molecule has 0 bridgehead atoms. The molecule has 0 aromatic heterocycles. The molecule has 6 heteroatoms. The number of carbonyl (C=O) groups is 1. The first-order valence-corrected chi connectivity index (χ1v) is 6.46. The van der Waals surface area contributed by atoms with Crippen LogP contribution in [0.15, 0.2) is 5.16 Å². The summed E-state index contributed by atoms with van der Waals surface area (Å²) < 4.78 is 10.8. The Morgan fingerprint density at radius 3 is 2.67 bits per heavy atom. The second kappa shape index (κ2) is 6.70. The molecular formula is C12H20N2O4. The molecule has 0 radical (unpaired) electrons. The SMILES string of the molecule is O=C(COC1CCC(=NO)CC1)N1CCOCC1. The first-order chi connectivity index (χ1) is 8.79. The molecule has 1 heterocycles. The molecule has 0 aromatic rings. The molecule has 1 N–H and O–H groups in total. The minimum Gasteiger partial charge on any atom is -0.411 e. The van der Waals surface area contributed by atoms with Crippen LogP contribution in [0.3, 0.4) is 0 Å². The van der Waals surface area contributed by atoms with E-state index in [4.69, 9.17) is 14.7 Å². The van der Waals surface area contributed by atoms with Crippen molar-refractivity contribution >= 4 is 11.6 Å². The molecule has 102 valence electrons. The van der Waals surface area contributed by atoms with Crippen molar-refractivity contribution < 1.29 is 19.5 Å². The first-order valence-electron chi connectivity index (χ1n) is 6.46. The number of nitrogens with zero attached hydrogens (tertiary/aromatic N) is 2. The summed E-state index contributed by atoms with van der Waals surface area (Å²) >= 11 is 0. The summed E-state index contributed by atoms with van der Waals surface area (Å²) in [5, 5.41) is 11.9. The van der Waals surface area contributed by atoms with E-state index in [2.05, 4.69) is 5.16 Å². The third-order valence-corrected chi connectivity index (χ3v) is 3.46. The molecule has 6 nitrogen and oxygen atoms in total. The van der Waals surface area contributed by atoms with Crippen LogP contribution in [0.1, 0.15) is 25.7 Å². The molecule has 2 fully saturated rings. The van der Waals surface area contributed by atoms with Gasteiger partial charge in [0.15, 0.2) is 0 Å². The summed E-state index contributed by atoms with van der Waals surface area (Å²) in [6.07, 6.45) is 3.28. The van der Waals surface area contributed by atoms with Crippen LogP contribution in [0.5, 0.6) is 0 Å². The molecule has 0 unspecified atom stereocenters. The van der Waals surface area contributed by atoms with Crippen LogP contribution in [-0.4, -0.2) is 60.7 Å². The summed E-state index contributed by atoms with van der Waals surface area (Å²) in [6.45, 7) is 2.70. The normalized spacial score (nSPS) is 25.0. The number of hydrogen-bond acceptors (Lipinski definition) is 5.